The summed E-state index contributed by atoms with van der Waals surface area (Å²) in [6, 6.07) is 0. The van der Waals surface area contributed by atoms with Crippen LogP contribution >= 0.6 is 0 Å². The zero-order valence-corrected chi connectivity index (χ0v) is 9.15. The second-order valence-electron chi connectivity index (χ2n) is 3.38. The summed E-state index contributed by atoms with van der Waals surface area (Å²) in [5.41, 5.74) is 0.835. The highest BCUT2D eigenvalue weighted by Crippen LogP contribution is 2.00. The molecule has 0 aliphatic heterocycles. The fraction of sp³-hybridized carbons (Fsp3) is 0.636. The van der Waals surface area contributed by atoms with Crippen molar-refractivity contribution < 1.29 is 4.74 Å². The number of rotatable bonds is 7. The fourth-order valence-electron chi connectivity index (χ4n) is 1.25. The second-order valence-corrected chi connectivity index (χ2v) is 3.38. The summed E-state index contributed by atoms with van der Waals surface area (Å²) in [5, 5.41) is 7.99. The molecule has 0 radical (unpaired) electrons. The molecule has 1 aromatic heterocycles. The average molecular weight is 207 g/mol. The Balaban J connectivity index is 2.26. The lowest BCUT2D eigenvalue weighted by Crippen LogP contribution is -1.98. The summed E-state index contributed by atoms with van der Waals surface area (Å²) in [6.07, 6.45) is 10.6. The van der Waals surface area contributed by atoms with E-state index in [0.717, 1.165) is 18.7 Å². The van der Waals surface area contributed by atoms with Gasteiger partial charge in [-0.3, -0.25) is 4.68 Å². The number of nitrogens with zero attached hydrogens (tertiary/aromatic N) is 3. The molecule has 0 unspecified atom stereocenters. The smallest absolute Gasteiger partial charge is 0.108 e. The van der Waals surface area contributed by atoms with Crippen LogP contribution < -0.4 is 0 Å². The molecule has 1 aromatic rings. The summed E-state index contributed by atoms with van der Waals surface area (Å²) in [5.74, 6) is 2.41. The normalized spacial score (nSPS) is 10.1. The van der Waals surface area contributed by atoms with Crippen molar-refractivity contribution in [3.8, 4) is 12.3 Å². The number of hydrogen-bond acceptors (Lipinski definition) is 3. The van der Waals surface area contributed by atoms with E-state index in [0.29, 0.717) is 13.2 Å². The van der Waals surface area contributed by atoms with Crippen molar-refractivity contribution >= 4 is 0 Å². The Hall–Kier alpha value is -1.34. The maximum Gasteiger partial charge on any atom is 0.108 e. The largest absolute Gasteiger partial charge is 0.362 e. The average Bonchev–Trinajstić information content (AvgIpc) is 2.67. The van der Waals surface area contributed by atoms with Gasteiger partial charge in [0, 0.05) is 6.54 Å². The lowest BCUT2D eigenvalue weighted by molar-refractivity contribution is 0.150. The zero-order chi connectivity index (χ0) is 10.9. The molecule has 0 aliphatic rings. The van der Waals surface area contributed by atoms with Gasteiger partial charge in [0.15, 0.2) is 0 Å². The first kappa shape index (κ1) is 11.7. The first-order chi connectivity index (χ1) is 7.36. The molecule has 0 spiro atoms. The van der Waals surface area contributed by atoms with Crippen molar-refractivity contribution in [1.82, 2.24) is 15.0 Å². The van der Waals surface area contributed by atoms with Crippen LogP contribution in [0.5, 0.6) is 0 Å². The molecule has 4 nitrogen and oxygen atoms in total. The number of unbranched alkanes of at least 4 members (excludes halogenated alkanes) is 2. The lowest BCUT2D eigenvalue weighted by atomic mass is 10.2. The molecule has 0 saturated carbocycles. The van der Waals surface area contributed by atoms with Gasteiger partial charge in [-0.25, -0.2) is 0 Å². The van der Waals surface area contributed by atoms with Gasteiger partial charge in [0.1, 0.15) is 12.3 Å². The van der Waals surface area contributed by atoms with Gasteiger partial charge in [0.05, 0.1) is 12.8 Å². The van der Waals surface area contributed by atoms with Gasteiger partial charge in [0.2, 0.25) is 0 Å². The third-order valence-electron chi connectivity index (χ3n) is 2.01. The SMILES string of the molecule is C#CCOCc1cn(CCCCC)nn1. The summed E-state index contributed by atoms with van der Waals surface area (Å²) in [7, 11) is 0. The molecule has 0 atom stereocenters. The standard InChI is InChI=1S/C11H17N3O/c1-3-5-6-7-14-9-11(12-13-14)10-15-8-4-2/h2,9H,3,5-8,10H2,1H3. The minimum Gasteiger partial charge on any atom is -0.362 e. The van der Waals surface area contributed by atoms with Crippen molar-refractivity contribution in [3.05, 3.63) is 11.9 Å². The summed E-state index contributed by atoms with van der Waals surface area (Å²) < 4.78 is 7.01. The number of aryl methyl sites for hydroxylation is 1. The van der Waals surface area contributed by atoms with Gasteiger partial charge < -0.3 is 4.74 Å². The third kappa shape index (κ3) is 4.61. The van der Waals surface area contributed by atoms with Crippen LogP contribution in [0.4, 0.5) is 0 Å². The molecule has 0 N–H and O–H groups in total. The molecule has 1 rings (SSSR count). The van der Waals surface area contributed by atoms with E-state index in [1.807, 2.05) is 10.9 Å². The Bertz CT molecular complexity index is 314. The summed E-state index contributed by atoms with van der Waals surface area (Å²) in [6.45, 7) is 3.87. The Kier molecular flexibility index (Phi) is 5.49. The summed E-state index contributed by atoms with van der Waals surface area (Å²) in [4.78, 5) is 0. The van der Waals surface area contributed by atoms with E-state index in [9.17, 15) is 0 Å². The van der Waals surface area contributed by atoms with E-state index < -0.39 is 0 Å². The first-order valence-electron chi connectivity index (χ1n) is 5.27. The van der Waals surface area contributed by atoms with Crippen LogP contribution in [-0.2, 0) is 17.9 Å². The molecule has 4 heteroatoms. The fourth-order valence-corrected chi connectivity index (χ4v) is 1.25. The highest BCUT2D eigenvalue weighted by atomic mass is 16.5. The highest BCUT2D eigenvalue weighted by molar-refractivity contribution is 4.90. The van der Waals surface area contributed by atoms with E-state index in [1.165, 1.54) is 12.8 Å². The Morgan fingerprint density at radius 3 is 3.13 bits per heavy atom. The lowest BCUT2D eigenvalue weighted by Gasteiger charge is -1.97. The molecular weight excluding hydrogens is 190 g/mol. The minimum atomic E-state index is 0.322. The maximum absolute atomic E-state index is 5.16. The van der Waals surface area contributed by atoms with Crippen LogP contribution in [0.3, 0.4) is 0 Å². The minimum absolute atomic E-state index is 0.322. The van der Waals surface area contributed by atoms with E-state index >= 15 is 0 Å². The van der Waals surface area contributed by atoms with Crippen molar-refractivity contribution in [3.63, 3.8) is 0 Å². The quantitative estimate of drug-likeness (QED) is 0.504. The van der Waals surface area contributed by atoms with Crippen LogP contribution in [0, 0.1) is 12.3 Å². The topological polar surface area (TPSA) is 39.9 Å². The molecule has 0 aromatic carbocycles. The maximum atomic E-state index is 5.16. The monoisotopic (exact) mass is 207 g/mol. The number of aromatic nitrogens is 3. The number of hydrogen-bond donors (Lipinski definition) is 0. The molecular formula is C11H17N3O. The number of terminal acetylenes is 1. The second kappa shape index (κ2) is 7.02. The van der Waals surface area contributed by atoms with Gasteiger partial charge in [-0.15, -0.1) is 11.5 Å². The van der Waals surface area contributed by atoms with E-state index in [1.54, 1.807) is 0 Å². The van der Waals surface area contributed by atoms with Crippen LogP contribution in [-0.4, -0.2) is 21.6 Å². The molecule has 82 valence electrons. The number of ether oxygens (including phenoxy) is 1. The van der Waals surface area contributed by atoms with Crippen LogP contribution in [0.25, 0.3) is 0 Å². The molecule has 0 amide bonds. The molecule has 0 aliphatic carbocycles. The van der Waals surface area contributed by atoms with E-state index in [2.05, 4.69) is 23.2 Å². The third-order valence-corrected chi connectivity index (χ3v) is 2.01. The van der Waals surface area contributed by atoms with Crippen LogP contribution in [0.15, 0.2) is 6.20 Å². The van der Waals surface area contributed by atoms with Gasteiger partial charge in [-0.2, -0.15) is 0 Å². The van der Waals surface area contributed by atoms with Crippen molar-refractivity contribution in [2.45, 2.75) is 39.3 Å². The van der Waals surface area contributed by atoms with E-state index in [4.69, 9.17) is 11.2 Å². The molecule has 0 bridgehead atoms. The zero-order valence-electron chi connectivity index (χ0n) is 9.15. The predicted molar refractivity (Wildman–Crippen MR) is 58.0 cm³/mol. The van der Waals surface area contributed by atoms with Crippen LogP contribution in [0.2, 0.25) is 0 Å². The molecule has 1 heterocycles. The Morgan fingerprint density at radius 2 is 2.40 bits per heavy atom. The van der Waals surface area contributed by atoms with Gasteiger partial charge >= 0.3 is 0 Å². The first-order valence-corrected chi connectivity index (χ1v) is 5.27. The van der Waals surface area contributed by atoms with Crippen molar-refractivity contribution in [2.24, 2.45) is 0 Å². The predicted octanol–water partition coefficient (Wildman–Crippen LogP) is 1.62. The molecule has 0 fully saturated rings. The van der Waals surface area contributed by atoms with Crippen LogP contribution in [0.1, 0.15) is 31.9 Å². The van der Waals surface area contributed by atoms with Gasteiger partial charge in [-0.05, 0) is 6.42 Å². The van der Waals surface area contributed by atoms with Gasteiger partial charge in [0.25, 0.3) is 0 Å². The summed E-state index contributed by atoms with van der Waals surface area (Å²) >= 11 is 0. The van der Waals surface area contributed by atoms with Gasteiger partial charge in [-0.1, -0.05) is 30.9 Å². The van der Waals surface area contributed by atoms with Crippen molar-refractivity contribution in [1.29, 1.82) is 0 Å². The Labute approximate surface area is 90.6 Å². The van der Waals surface area contributed by atoms with Crippen molar-refractivity contribution in [2.75, 3.05) is 6.61 Å². The molecule has 0 saturated heterocycles. The Morgan fingerprint density at radius 1 is 1.53 bits per heavy atom. The molecule has 15 heavy (non-hydrogen) atoms. The highest BCUT2D eigenvalue weighted by Gasteiger charge is 1.99. The van der Waals surface area contributed by atoms with E-state index in [-0.39, 0.29) is 0 Å².